The molecule has 0 unspecified atom stereocenters. The molecule has 0 aliphatic heterocycles. The fraction of sp³-hybridized carbons (Fsp3) is 1.00. The van der Waals surface area contributed by atoms with Crippen LogP contribution in [-0.4, -0.2) is 48.7 Å². The predicted molar refractivity (Wildman–Crippen MR) is 52.1 cm³/mol. The Hall–Kier alpha value is 0.620. The normalized spacial score (nSPS) is 12.6. The van der Waals surface area contributed by atoms with Crippen molar-refractivity contribution in [3.63, 3.8) is 0 Å². The van der Waals surface area contributed by atoms with E-state index < -0.39 is 0 Å². The highest BCUT2D eigenvalue weighted by atomic mass is 32.2. The average molecular weight is 181 g/mol. The highest BCUT2D eigenvalue weighted by Gasteiger charge is 2.13. The molecule has 0 heterocycles. The van der Waals surface area contributed by atoms with E-state index in [1.54, 1.807) is 0 Å². The van der Waals surface area contributed by atoms with Crippen LogP contribution in [0.15, 0.2) is 0 Å². The van der Waals surface area contributed by atoms with E-state index >= 15 is 0 Å². The lowest BCUT2D eigenvalue weighted by Crippen LogP contribution is -2.36. The lowest BCUT2D eigenvalue weighted by molar-refractivity contribution is -0.749. The highest BCUT2D eigenvalue weighted by Crippen LogP contribution is 2.11. The van der Waals surface area contributed by atoms with Gasteiger partial charge in [0.15, 0.2) is 0 Å². The van der Waals surface area contributed by atoms with Gasteiger partial charge in [-0.25, -0.2) is 0 Å². The van der Waals surface area contributed by atoms with E-state index in [-0.39, 0.29) is 0 Å². The summed E-state index contributed by atoms with van der Waals surface area (Å²) in [6, 6.07) is 0. The predicted octanol–water partition coefficient (Wildman–Crippen LogP) is 1.12. The first-order valence-corrected chi connectivity index (χ1v) is 4.85. The molecule has 0 atom stereocenters. The SMILES string of the molecule is CS[N+](C)(C)CCN(C)S. The number of hydrogen-bond acceptors (Lipinski definition) is 3. The second-order valence-electron chi connectivity index (χ2n) is 2.86. The number of thiol groups is 1. The van der Waals surface area contributed by atoms with Crippen molar-refractivity contribution in [2.75, 3.05) is 40.5 Å². The van der Waals surface area contributed by atoms with Crippen molar-refractivity contribution in [1.82, 2.24) is 4.31 Å². The van der Waals surface area contributed by atoms with Crippen molar-refractivity contribution in [3.05, 3.63) is 0 Å². The van der Waals surface area contributed by atoms with Crippen LogP contribution in [-0.2, 0) is 0 Å². The molecule has 0 aliphatic carbocycles. The largest absolute Gasteiger partial charge is 0.266 e. The first-order chi connectivity index (χ1) is 4.48. The molecule has 0 saturated carbocycles. The van der Waals surface area contributed by atoms with Gasteiger partial charge in [-0.05, 0) is 7.05 Å². The molecule has 0 bridgehead atoms. The maximum atomic E-state index is 4.16. The van der Waals surface area contributed by atoms with Gasteiger partial charge in [0.05, 0.1) is 32.6 Å². The van der Waals surface area contributed by atoms with Gasteiger partial charge in [0.2, 0.25) is 0 Å². The smallest absolute Gasteiger partial charge is 0.103 e. The zero-order chi connectivity index (χ0) is 8.20. The van der Waals surface area contributed by atoms with Crippen molar-refractivity contribution in [1.29, 1.82) is 0 Å². The van der Waals surface area contributed by atoms with E-state index in [9.17, 15) is 0 Å². The molecule has 10 heavy (non-hydrogen) atoms. The molecule has 0 rings (SSSR count). The Labute approximate surface area is 73.8 Å². The minimum absolute atomic E-state index is 0.991. The average Bonchev–Trinajstić information content (AvgIpc) is 1.85. The Kier molecular flexibility index (Phi) is 4.77. The highest BCUT2D eigenvalue weighted by molar-refractivity contribution is 7.93. The van der Waals surface area contributed by atoms with E-state index in [0.717, 1.165) is 17.0 Å². The van der Waals surface area contributed by atoms with Crippen LogP contribution >= 0.6 is 24.8 Å². The minimum atomic E-state index is 0.991. The molecule has 4 heteroatoms. The first kappa shape index (κ1) is 10.6. The summed E-state index contributed by atoms with van der Waals surface area (Å²) in [5, 5.41) is 0. The number of nitrogens with zero attached hydrogens (tertiary/aromatic N) is 2. The molecule has 0 radical (unpaired) electrons. The first-order valence-electron chi connectivity index (χ1n) is 3.26. The van der Waals surface area contributed by atoms with Gasteiger partial charge in [0.1, 0.15) is 6.54 Å². The van der Waals surface area contributed by atoms with Gasteiger partial charge in [0.25, 0.3) is 0 Å². The minimum Gasteiger partial charge on any atom is -0.266 e. The van der Waals surface area contributed by atoms with E-state index in [1.165, 1.54) is 0 Å². The van der Waals surface area contributed by atoms with Gasteiger partial charge in [0, 0.05) is 6.26 Å². The third-order valence-corrected chi connectivity index (χ3v) is 2.83. The van der Waals surface area contributed by atoms with E-state index in [4.69, 9.17) is 0 Å². The van der Waals surface area contributed by atoms with Crippen molar-refractivity contribution < 1.29 is 3.89 Å². The lowest BCUT2D eigenvalue weighted by Gasteiger charge is -2.26. The number of hydrogen-bond donors (Lipinski definition) is 1. The van der Waals surface area contributed by atoms with Gasteiger partial charge in [-0.3, -0.25) is 8.19 Å². The summed E-state index contributed by atoms with van der Waals surface area (Å²) in [6.07, 6.45) is 2.12. The van der Waals surface area contributed by atoms with Gasteiger partial charge in [-0.2, -0.15) is 0 Å². The van der Waals surface area contributed by atoms with Gasteiger partial charge in [-0.1, -0.05) is 12.8 Å². The molecule has 0 fully saturated rings. The quantitative estimate of drug-likeness (QED) is 0.393. The van der Waals surface area contributed by atoms with Gasteiger partial charge < -0.3 is 0 Å². The Morgan fingerprint density at radius 1 is 1.50 bits per heavy atom. The number of quaternary nitrogens is 1. The Bertz CT molecular complexity index is 93.7. The monoisotopic (exact) mass is 181 g/mol. The molecule has 0 N–H and O–H groups in total. The molecular weight excluding hydrogens is 164 g/mol. The topological polar surface area (TPSA) is 3.24 Å². The molecule has 2 nitrogen and oxygen atoms in total. The molecule has 0 aliphatic rings. The summed E-state index contributed by atoms with van der Waals surface area (Å²) in [4.78, 5) is 0. The van der Waals surface area contributed by atoms with Crippen LogP contribution in [0.1, 0.15) is 0 Å². The zero-order valence-corrected chi connectivity index (χ0v) is 8.88. The van der Waals surface area contributed by atoms with Crippen LogP contribution in [0, 0.1) is 0 Å². The fourth-order valence-electron chi connectivity index (χ4n) is 0.477. The molecule has 0 saturated heterocycles. The zero-order valence-electron chi connectivity index (χ0n) is 7.16. The number of likely N-dealkylation sites (N-methyl/N-ethyl adjacent to an activating group) is 2. The van der Waals surface area contributed by atoms with Crippen molar-refractivity contribution in [3.8, 4) is 0 Å². The van der Waals surface area contributed by atoms with Crippen molar-refractivity contribution in [2.24, 2.45) is 0 Å². The van der Waals surface area contributed by atoms with Crippen LogP contribution in [0.3, 0.4) is 0 Å². The van der Waals surface area contributed by atoms with Crippen molar-refractivity contribution in [2.45, 2.75) is 0 Å². The van der Waals surface area contributed by atoms with E-state index in [0.29, 0.717) is 0 Å². The standard InChI is InChI=1S/C6H17N2S2/c1-7(9)5-6-8(2,3)10-4/h9H,5-6H2,1-4H3/q+1. The molecule has 0 aromatic carbocycles. The second kappa shape index (κ2) is 4.49. The fourth-order valence-corrected chi connectivity index (χ4v) is 0.830. The Balaban J connectivity index is 3.46. The maximum absolute atomic E-state index is 4.16. The van der Waals surface area contributed by atoms with Crippen LogP contribution in [0.5, 0.6) is 0 Å². The lowest BCUT2D eigenvalue weighted by atomic mass is 10.6. The maximum Gasteiger partial charge on any atom is 0.103 e. The summed E-state index contributed by atoms with van der Waals surface area (Å²) < 4.78 is 2.90. The third-order valence-electron chi connectivity index (χ3n) is 1.46. The molecule has 62 valence electrons. The van der Waals surface area contributed by atoms with Crippen LogP contribution in [0.4, 0.5) is 0 Å². The summed E-state index contributed by atoms with van der Waals surface area (Å²) in [7, 11) is 6.37. The van der Waals surface area contributed by atoms with Crippen LogP contribution in [0.2, 0.25) is 0 Å². The van der Waals surface area contributed by atoms with E-state index in [2.05, 4.69) is 33.2 Å². The molecule has 0 aromatic rings. The molecule has 0 amide bonds. The Morgan fingerprint density at radius 3 is 2.30 bits per heavy atom. The van der Waals surface area contributed by atoms with Crippen LogP contribution in [0.25, 0.3) is 0 Å². The summed E-state index contributed by atoms with van der Waals surface area (Å²) in [5.74, 6) is 0. The molecule has 0 aromatic heterocycles. The molecule has 0 spiro atoms. The third kappa shape index (κ3) is 5.41. The van der Waals surface area contributed by atoms with Gasteiger partial charge in [-0.15, -0.1) is 0 Å². The Morgan fingerprint density at radius 2 is 2.00 bits per heavy atom. The summed E-state index contributed by atoms with van der Waals surface area (Å²) >= 11 is 6.01. The van der Waals surface area contributed by atoms with E-state index in [1.807, 2.05) is 23.3 Å². The van der Waals surface area contributed by atoms with Crippen LogP contribution < -0.4 is 0 Å². The summed E-state index contributed by atoms with van der Waals surface area (Å²) in [6.45, 7) is 2.15. The van der Waals surface area contributed by atoms with Crippen molar-refractivity contribution >= 4 is 24.8 Å². The number of rotatable bonds is 4. The second-order valence-corrected chi connectivity index (χ2v) is 4.90. The van der Waals surface area contributed by atoms with Gasteiger partial charge >= 0.3 is 0 Å². The summed E-state index contributed by atoms with van der Waals surface area (Å²) in [5.41, 5.74) is 0. The molecular formula is C6H17N2S2+.